The summed E-state index contributed by atoms with van der Waals surface area (Å²) in [6, 6.07) is 9.67. The van der Waals surface area contributed by atoms with E-state index in [-0.39, 0.29) is 23.8 Å². The number of aliphatic hydroxyl groups excluding tert-OH is 1. The minimum atomic E-state index is -0.955. The molecule has 3 heterocycles. The van der Waals surface area contributed by atoms with E-state index < -0.39 is 18.2 Å². The fourth-order valence-electron chi connectivity index (χ4n) is 4.88. The van der Waals surface area contributed by atoms with Crippen LogP contribution in [0.15, 0.2) is 48.8 Å². The second-order valence-electron chi connectivity index (χ2n) is 10.4. The zero-order valence-corrected chi connectivity index (χ0v) is 20.6. The minimum Gasteiger partial charge on any atom is -0.391 e. The number of benzene rings is 1. The Bertz CT molecular complexity index is 1090. The van der Waals surface area contributed by atoms with E-state index in [2.05, 4.69) is 31.9 Å². The number of aromatic nitrogens is 1. The van der Waals surface area contributed by atoms with Gasteiger partial charge in [-0.05, 0) is 48.4 Å². The molecule has 2 aliphatic rings. The first-order chi connectivity index (χ1) is 16.7. The van der Waals surface area contributed by atoms with Gasteiger partial charge in [0, 0.05) is 43.3 Å². The molecule has 8 heteroatoms. The SMILES string of the molecule is CC(C)(C)c1ccc(N(C(=O)C2CCCN2C#N)C(C(=O)N2CCC(O)C2)c2cccnc2)cc1. The average molecular weight is 476 g/mol. The van der Waals surface area contributed by atoms with Gasteiger partial charge in [-0.3, -0.25) is 24.4 Å². The van der Waals surface area contributed by atoms with Crippen molar-refractivity contribution in [2.75, 3.05) is 24.5 Å². The van der Waals surface area contributed by atoms with Gasteiger partial charge in [-0.2, -0.15) is 5.26 Å². The molecular weight excluding hydrogens is 442 g/mol. The number of likely N-dealkylation sites (tertiary alicyclic amines) is 2. The molecule has 184 valence electrons. The lowest BCUT2D eigenvalue weighted by molar-refractivity contribution is -0.134. The lowest BCUT2D eigenvalue weighted by atomic mass is 9.87. The standard InChI is InChI=1S/C27H33N5O3/c1-27(2,3)20-8-10-21(11-9-20)32(25(34)23-7-5-14-31(23)18-28)24(19-6-4-13-29-16-19)26(35)30-15-12-22(33)17-30/h4,6,8-11,13,16,22-24,33H,5,7,12,14-15,17H2,1-3H3. The van der Waals surface area contributed by atoms with Gasteiger partial charge in [0.1, 0.15) is 12.1 Å². The fraction of sp³-hybridized carbons (Fsp3) is 0.481. The number of nitriles is 1. The number of hydrogen-bond donors (Lipinski definition) is 1. The Morgan fingerprint density at radius 2 is 1.91 bits per heavy atom. The molecule has 1 aromatic carbocycles. The summed E-state index contributed by atoms with van der Waals surface area (Å²) in [6.07, 6.45) is 6.60. The molecule has 3 atom stereocenters. The van der Waals surface area contributed by atoms with Crippen LogP contribution in [0.25, 0.3) is 0 Å². The zero-order chi connectivity index (χ0) is 25.2. The summed E-state index contributed by atoms with van der Waals surface area (Å²) >= 11 is 0. The van der Waals surface area contributed by atoms with Crippen molar-refractivity contribution in [3.05, 3.63) is 59.9 Å². The lowest BCUT2D eigenvalue weighted by Crippen LogP contribution is -2.50. The first kappa shape index (κ1) is 24.7. The molecule has 0 aliphatic carbocycles. The van der Waals surface area contributed by atoms with Crippen LogP contribution in [0.4, 0.5) is 5.69 Å². The molecular formula is C27H33N5O3. The van der Waals surface area contributed by atoms with E-state index in [9.17, 15) is 20.0 Å². The Hall–Kier alpha value is -3.44. The highest BCUT2D eigenvalue weighted by Gasteiger charge is 2.42. The van der Waals surface area contributed by atoms with Gasteiger partial charge in [0.25, 0.3) is 11.8 Å². The second kappa shape index (κ2) is 10.0. The number of rotatable bonds is 5. The normalized spacial score (nSPS) is 21.0. The number of carbonyl (C=O) groups is 2. The molecule has 3 unspecified atom stereocenters. The van der Waals surface area contributed by atoms with Gasteiger partial charge < -0.3 is 10.0 Å². The van der Waals surface area contributed by atoms with Crippen molar-refractivity contribution in [3.8, 4) is 6.19 Å². The molecule has 35 heavy (non-hydrogen) atoms. The van der Waals surface area contributed by atoms with Crippen molar-refractivity contribution in [2.24, 2.45) is 0 Å². The monoisotopic (exact) mass is 475 g/mol. The Labute approximate surface area is 206 Å². The van der Waals surface area contributed by atoms with Gasteiger partial charge in [-0.25, -0.2) is 0 Å². The first-order valence-corrected chi connectivity index (χ1v) is 12.2. The van der Waals surface area contributed by atoms with Gasteiger partial charge in [-0.1, -0.05) is 39.0 Å². The van der Waals surface area contributed by atoms with E-state index in [1.165, 1.54) is 9.80 Å². The van der Waals surface area contributed by atoms with E-state index in [0.717, 1.165) is 12.0 Å². The van der Waals surface area contributed by atoms with Crippen molar-refractivity contribution in [2.45, 2.75) is 63.6 Å². The summed E-state index contributed by atoms with van der Waals surface area (Å²) in [6.45, 7) is 7.54. The van der Waals surface area contributed by atoms with Gasteiger partial charge in [-0.15, -0.1) is 0 Å². The highest BCUT2D eigenvalue weighted by atomic mass is 16.3. The van der Waals surface area contributed by atoms with Crippen LogP contribution in [-0.4, -0.2) is 63.5 Å². The third-order valence-electron chi connectivity index (χ3n) is 6.88. The van der Waals surface area contributed by atoms with Crippen LogP contribution in [0, 0.1) is 11.5 Å². The molecule has 0 bridgehead atoms. The summed E-state index contributed by atoms with van der Waals surface area (Å²) < 4.78 is 0. The number of pyridine rings is 1. The number of anilines is 1. The third-order valence-corrected chi connectivity index (χ3v) is 6.88. The summed E-state index contributed by atoms with van der Waals surface area (Å²) in [5.74, 6) is -0.543. The molecule has 2 amide bonds. The van der Waals surface area contributed by atoms with Crippen molar-refractivity contribution in [1.82, 2.24) is 14.8 Å². The van der Waals surface area contributed by atoms with Crippen LogP contribution >= 0.6 is 0 Å². The van der Waals surface area contributed by atoms with Crippen LogP contribution in [0.2, 0.25) is 0 Å². The van der Waals surface area contributed by atoms with Crippen LogP contribution in [0.5, 0.6) is 0 Å². The van der Waals surface area contributed by atoms with Crippen LogP contribution in [-0.2, 0) is 15.0 Å². The third kappa shape index (κ3) is 5.15. The van der Waals surface area contributed by atoms with E-state index in [1.807, 2.05) is 24.3 Å². The summed E-state index contributed by atoms with van der Waals surface area (Å²) in [5, 5.41) is 19.7. The van der Waals surface area contributed by atoms with E-state index >= 15 is 0 Å². The second-order valence-corrected chi connectivity index (χ2v) is 10.4. The molecule has 1 N–H and O–H groups in total. The van der Waals surface area contributed by atoms with Crippen LogP contribution < -0.4 is 4.90 Å². The van der Waals surface area contributed by atoms with Crippen molar-refractivity contribution < 1.29 is 14.7 Å². The molecule has 1 aromatic heterocycles. The minimum absolute atomic E-state index is 0.0688. The Morgan fingerprint density at radius 3 is 2.49 bits per heavy atom. The Kier molecular flexibility index (Phi) is 7.08. The topological polar surface area (TPSA) is 101 Å². The quantitative estimate of drug-likeness (QED) is 0.668. The Balaban J connectivity index is 1.82. The smallest absolute Gasteiger partial charge is 0.251 e. The zero-order valence-electron chi connectivity index (χ0n) is 20.6. The highest BCUT2D eigenvalue weighted by Crippen LogP contribution is 2.34. The van der Waals surface area contributed by atoms with Gasteiger partial charge in [0.2, 0.25) is 0 Å². The van der Waals surface area contributed by atoms with Crippen LogP contribution in [0.1, 0.15) is 57.2 Å². The molecule has 0 radical (unpaired) electrons. The number of β-amino-alcohol motifs (C(OH)–C–C–N with tert-alkyl or cyclic N) is 1. The van der Waals surface area contributed by atoms with E-state index in [1.54, 1.807) is 29.4 Å². The van der Waals surface area contributed by atoms with Gasteiger partial charge in [0.15, 0.2) is 6.19 Å². The first-order valence-electron chi connectivity index (χ1n) is 12.2. The Morgan fingerprint density at radius 1 is 1.17 bits per heavy atom. The van der Waals surface area contributed by atoms with Crippen molar-refractivity contribution in [1.29, 1.82) is 5.26 Å². The highest BCUT2D eigenvalue weighted by molar-refractivity contribution is 6.04. The number of amides is 2. The maximum atomic E-state index is 14.1. The molecule has 2 fully saturated rings. The van der Waals surface area contributed by atoms with Crippen LogP contribution in [0.3, 0.4) is 0 Å². The molecule has 2 saturated heterocycles. The summed E-state index contributed by atoms with van der Waals surface area (Å²) in [7, 11) is 0. The predicted octanol–water partition coefficient (Wildman–Crippen LogP) is 2.99. The number of carbonyl (C=O) groups excluding carboxylic acids is 2. The maximum absolute atomic E-state index is 14.1. The molecule has 0 spiro atoms. The van der Waals surface area contributed by atoms with Crippen molar-refractivity contribution in [3.63, 3.8) is 0 Å². The molecule has 0 saturated carbocycles. The molecule has 4 rings (SSSR count). The largest absolute Gasteiger partial charge is 0.391 e. The lowest BCUT2D eigenvalue weighted by Gasteiger charge is -2.36. The number of aliphatic hydroxyl groups is 1. The van der Waals surface area contributed by atoms with E-state index in [4.69, 9.17) is 0 Å². The van der Waals surface area contributed by atoms with Gasteiger partial charge in [0.05, 0.1) is 6.10 Å². The maximum Gasteiger partial charge on any atom is 0.251 e. The molecule has 2 aliphatic heterocycles. The number of hydrogen-bond acceptors (Lipinski definition) is 6. The average Bonchev–Trinajstić information content (AvgIpc) is 3.51. The van der Waals surface area contributed by atoms with Gasteiger partial charge >= 0.3 is 0 Å². The summed E-state index contributed by atoms with van der Waals surface area (Å²) in [4.78, 5) is 36.9. The molecule has 2 aromatic rings. The summed E-state index contributed by atoms with van der Waals surface area (Å²) in [5.41, 5.74) is 2.23. The number of nitrogens with zero attached hydrogens (tertiary/aromatic N) is 5. The van der Waals surface area contributed by atoms with Crippen molar-refractivity contribution >= 4 is 17.5 Å². The predicted molar refractivity (Wildman–Crippen MR) is 132 cm³/mol. The van der Waals surface area contributed by atoms with E-state index in [0.29, 0.717) is 37.2 Å². The fourth-order valence-corrected chi connectivity index (χ4v) is 4.88. The molecule has 8 nitrogen and oxygen atoms in total.